The summed E-state index contributed by atoms with van der Waals surface area (Å²) in [4.78, 5) is 30.6. The molecule has 150 valence electrons. The highest BCUT2D eigenvalue weighted by atomic mass is 16.2. The molecule has 0 bridgehead atoms. The molecule has 1 atom stereocenters. The van der Waals surface area contributed by atoms with Gasteiger partial charge in [0, 0.05) is 31.2 Å². The van der Waals surface area contributed by atoms with Crippen molar-refractivity contribution in [1.29, 1.82) is 0 Å². The number of allylic oxidation sites excluding steroid dienone is 1. The summed E-state index contributed by atoms with van der Waals surface area (Å²) in [6, 6.07) is 0.322. The van der Waals surface area contributed by atoms with Crippen LogP contribution in [0.15, 0.2) is 11.8 Å². The van der Waals surface area contributed by atoms with E-state index in [-0.39, 0.29) is 11.8 Å². The van der Waals surface area contributed by atoms with Crippen molar-refractivity contribution in [2.75, 3.05) is 26.2 Å². The summed E-state index contributed by atoms with van der Waals surface area (Å²) in [5.74, 6) is 0.410. The third-order valence-corrected chi connectivity index (χ3v) is 7.22. The highest BCUT2D eigenvalue weighted by Crippen LogP contribution is 2.48. The molecule has 1 N–H and O–H groups in total. The Labute approximate surface area is 163 Å². The molecule has 1 unspecified atom stereocenters. The van der Waals surface area contributed by atoms with Crippen molar-refractivity contribution in [3.05, 3.63) is 11.8 Å². The molecule has 2 heterocycles. The molecular weight excluding hydrogens is 338 g/mol. The SMILES string of the molecule is O=C1CCC2(C(=O)NCCN3CCCCC3)CCCC=C2N1C1CCCC1. The van der Waals surface area contributed by atoms with Crippen LogP contribution in [0.2, 0.25) is 0 Å². The van der Waals surface area contributed by atoms with Crippen LogP contribution < -0.4 is 5.32 Å². The van der Waals surface area contributed by atoms with Gasteiger partial charge in [-0.1, -0.05) is 25.3 Å². The number of piperidine rings is 2. The Balaban J connectivity index is 1.45. The van der Waals surface area contributed by atoms with Gasteiger partial charge in [-0.25, -0.2) is 0 Å². The normalized spacial score (nSPS) is 30.1. The number of carbonyl (C=O) groups is 2. The van der Waals surface area contributed by atoms with Gasteiger partial charge in [0.1, 0.15) is 0 Å². The zero-order chi connectivity index (χ0) is 18.7. The van der Waals surface area contributed by atoms with Crippen molar-refractivity contribution in [2.24, 2.45) is 5.41 Å². The van der Waals surface area contributed by atoms with Crippen LogP contribution >= 0.6 is 0 Å². The van der Waals surface area contributed by atoms with Crippen molar-refractivity contribution < 1.29 is 9.59 Å². The van der Waals surface area contributed by atoms with Crippen molar-refractivity contribution in [3.63, 3.8) is 0 Å². The van der Waals surface area contributed by atoms with E-state index in [2.05, 4.69) is 21.2 Å². The second kappa shape index (κ2) is 8.34. The van der Waals surface area contributed by atoms with E-state index in [9.17, 15) is 9.59 Å². The molecule has 27 heavy (non-hydrogen) atoms. The summed E-state index contributed by atoms with van der Waals surface area (Å²) in [7, 11) is 0. The molecule has 4 rings (SSSR count). The van der Waals surface area contributed by atoms with Crippen LogP contribution in [0, 0.1) is 5.41 Å². The van der Waals surface area contributed by atoms with Gasteiger partial charge in [-0.2, -0.15) is 0 Å². The third kappa shape index (κ3) is 3.80. The summed E-state index contributed by atoms with van der Waals surface area (Å²) in [5, 5.41) is 3.26. The molecule has 1 saturated carbocycles. The number of nitrogens with zero attached hydrogens (tertiary/aromatic N) is 2. The van der Waals surface area contributed by atoms with E-state index in [0.717, 1.165) is 64.0 Å². The minimum Gasteiger partial charge on any atom is -0.354 e. The number of nitrogens with one attached hydrogen (secondary N) is 1. The molecule has 3 fully saturated rings. The molecule has 2 aliphatic carbocycles. The minimum atomic E-state index is -0.462. The van der Waals surface area contributed by atoms with Gasteiger partial charge in [-0.3, -0.25) is 9.59 Å². The number of fused-ring (bicyclic) bond motifs is 1. The van der Waals surface area contributed by atoms with E-state index in [1.54, 1.807) is 0 Å². The standard InChI is InChI=1S/C22H35N3O2/c26-20-11-13-22(21(27)23-14-17-24-15-6-1-7-16-24)12-5-4-10-19(22)25(20)18-8-2-3-9-18/h10,18H,1-9,11-17H2,(H,23,27). The Morgan fingerprint density at radius 2 is 1.85 bits per heavy atom. The topological polar surface area (TPSA) is 52.7 Å². The largest absolute Gasteiger partial charge is 0.354 e. The van der Waals surface area contributed by atoms with E-state index < -0.39 is 5.41 Å². The first-order valence-electron chi connectivity index (χ1n) is 11.2. The highest BCUT2D eigenvalue weighted by molar-refractivity contribution is 5.91. The number of carbonyl (C=O) groups excluding carboxylic acids is 2. The molecule has 0 aromatic rings. The van der Waals surface area contributed by atoms with Gasteiger partial charge in [0.2, 0.25) is 11.8 Å². The van der Waals surface area contributed by atoms with E-state index in [1.165, 1.54) is 32.1 Å². The molecule has 2 saturated heterocycles. The van der Waals surface area contributed by atoms with E-state index in [4.69, 9.17) is 0 Å². The summed E-state index contributed by atoms with van der Waals surface area (Å²) in [5.41, 5.74) is 0.587. The monoisotopic (exact) mass is 373 g/mol. The van der Waals surface area contributed by atoms with Gasteiger partial charge in [0.05, 0.1) is 5.41 Å². The van der Waals surface area contributed by atoms with Crippen molar-refractivity contribution in [2.45, 2.75) is 83.1 Å². The lowest BCUT2D eigenvalue weighted by atomic mass is 9.68. The fraction of sp³-hybridized carbons (Fsp3) is 0.818. The summed E-state index contributed by atoms with van der Waals surface area (Å²) >= 11 is 0. The summed E-state index contributed by atoms with van der Waals surface area (Å²) in [6.45, 7) is 4.00. The molecule has 4 aliphatic rings. The average Bonchev–Trinajstić information content (AvgIpc) is 3.23. The van der Waals surface area contributed by atoms with Crippen LogP contribution in [-0.4, -0.2) is 53.8 Å². The van der Waals surface area contributed by atoms with Crippen LogP contribution in [0.3, 0.4) is 0 Å². The summed E-state index contributed by atoms with van der Waals surface area (Å²) in [6.07, 6.45) is 14.9. The van der Waals surface area contributed by atoms with Crippen molar-refractivity contribution in [3.8, 4) is 0 Å². The van der Waals surface area contributed by atoms with Gasteiger partial charge in [-0.05, 0) is 64.5 Å². The second-order valence-electron chi connectivity index (χ2n) is 8.92. The smallest absolute Gasteiger partial charge is 0.232 e. The molecule has 0 aromatic heterocycles. The van der Waals surface area contributed by atoms with Crippen LogP contribution in [0.4, 0.5) is 0 Å². The molecule has 5 heteroatoms. The van der Waals surface area contributed by atoms with Crippen LogP contribution in [0.25, 0.3) is 0 Å². The van der Waals surface area contributed by atoms with E-state index >= 15 is 0 Å². The molecule has 0 radical (unpaired) electrons. The second-order valence-corrected chi connectivity index (χ2v) is 8.92. The number of rotatable bonds is 5. The first-order valence-corrected chi connectivity index (χ1v) is 11.2. The number of likely N-dealkylation sites (tertiary alicyclic amines) is 2. The van der Waals surface area contributed by atoms with Gasteiger partial charge < -0.3 is 15.1 Å². The molecule has 0 spiro atoms. The number of hydrogen-bond acceptors (Lipinski definition) is 3. The molecule has 2 aliphatic heterocycles. The predicted molar refractivity (Wildman–Crippen MR) is 106 cm³/mol. The van der Waals surface area contributed by atoms with Gasteiger partial charge in [-0.15, -0.1) is 0 Å². The average molecular weight is 374 g/mol. The lowest BCUT2D eigenvalue weighted by molar-refractivity contribution is -0.142. The van der Waals surface area contributed by atoms with E-state index in [0.29, 0.717) is 18.9 Å². The zero-order valence-electron chi connectivity index (χ0n) is 16.7. The summed E-state index contributed by atoms with van der Waals surface area (Å²) < 4.78 is 0. The maximum absolute atomic E-state index is 13.4. The molecule has 5 nitrogen and oxygen atoms in total. The third-order valence-electron chi connectivity index (χ3n) is 7.22. The Hall–Kier alpha value is -1.36. The quantitative estimate of drug-likeness (QED) is 0.805. The Bertz CT molecular complexity index is 590. The lowest BCUT2D eigenvalue weighted by Crippen LogP contribution is -2.55. The Morgan fingerprint density at radius 3 is 2.63 bits per heavy atom. The van der Waals surface area contributed by atoms with Gasteiger partial charge in [0.25, 0.3) is 0 Å². The van der Waals surface area contributed by atoms with Crippen molar-refractivity contribution in [1.82, 2.24) is 15.1 Å². The van der Waals surface area contributed by atoms with Crippen LogP contribution in [-0.2, 0) is 9.59 Å². The van der Waals surface area contributed by atoms with Gasteiger partial charge in [0.15, 0.2) is 0 Å². The predicted octanol–water partition coefficient (Wildman–Crippen LogP) is 3.21. The first-order chi connectivity index (χ1) is 13.2. The Morgan fingerprint density at radius 1 is 1.07 bits per heavy atom. The van der Waals surface area contributed by atoms with Crippen LogP contribution in [0.5, 0.6) is 0 Å². The Kier molecular flexibility index (Phi) is 5.86. The zero-order valence-corrected chi connectivity index (χ0v) is 16.7. The minimum absolute atomic E-state index is 0.168. The highest BCUT2D eigenvalue weighted by Gasteiger charge is 2.51. The van der Waals surface area contributed by atoms with Gasteiger partial charge >= 0.3 is 0 Å². The maximum atomic E-state index is 13.4. The van der Waals surface area contributed by atoms with Crippen molar-refractivity contribution >= 4 is 11.8 Å². The molecule has 2 amide bonds. The fourth-order valence-corrected chi connectivity index (χ4v) is 5.71. The first kappa shape index (κ1) is 19.0. The number of amides is 2. The fourth-order valence-electron chi connectivity index (χ4n) is 5.71. The maximum Gasteiger partial charge on any atom is 0.232 e. The number of hydrogen-bond donors (Lipinski definition) is 1. The van der Waals surface area contributed by atoms with Crippen LogP contribution in [0.1, 0.15) is 77.0 Å². The van der Waals surface area contributed by atoms with E-state index in [1.807, 2.05) is 0 Å². The lowest BCUT2D eigenvalue weighted by Gasteiger charge is -2.48. The molecule has 0 aromatic carbocycles. The molecular formula is C22H35N3O2.